The zero-order chi connectivity index (χ0) is 13.7. The number of thiocarbonyl (C=S) groups is 1. The summed E-state index contributed by atoms with van der Waals surface area (Å²) >= 11 is 4.94. The first-order chi connectivity index (χ1) is 9.20. The summed E-state index contributed by atoms with van der Waals surface area (Å²) in [5.74, 6) is 1.93. The molecule has 0 aliphatic rings. The second-order valence-corrected chi connectivity index (χ2v) is 4.16. The summed E-state index contributed by atoms with van der Waals surface area (Å²) in [6.45, 7) is 2.54. The molecule has 1 aromatic heterocycles. The summed E-state index contributed by atoms with van der Waals surface area (Å²) < 4.78 is 11.2. The number of nitrogens with zero attached hydrogens (tertiary/aromatic N) is 1. The molecule has 0 aliphatic heterocycles. The van der Waals surface area contributed by atoms with Gasteiger partial charge in [0.25, 0.3) is 0 Å². The van der Waals surface area contributed by atoms with Gasteiger partial charge in [-0.3, -0.25) is 0 Å². The fourth-order valence-electron chi connectivity index (χ4n) is 1.58. The fourth-order valence-corrected chi connectivity index (χ4v) is 1.73. The molecule has 0 amide bonds. The zero-order valence-electron chi connectivity index (χ0n) is 10.5. The third kappa shape index (κ3) is 3.42. The second-order valence-electron chi connectivity index (χ2n) is 3.72. The van der Waals surface area contributed by atoms with E-state index in [2.05, 4.69) is 4.98 Å². The van der Waals surface area contributed by atoms with Crippen molar-refractivity contribution in [2.75, 3.05) is 6.61 Å². The molecule has 2 aromatic rings. The van der Waals surface area contributed by atoms with Crippen LogP contribution in [0.2, 0.25) is 0 Å². The molecule has 4 nitrogen and oxygen atoms in total. The molecule has 0 bridgehead atoms. The van der Waals surface area contributed by atoms with Crippen molar-refractivity contribution in [3.8, 4) is 17.2 Å². The van der Waals surface area contributed by atoms with Crippen LogP contribution in [-0.4, -0.2) is 16.6 Å². The smallest absolute Gasteiger partial charge is 0.156 e. The van der Waals surface area contributed by atoms with Gasteiger partial charge in [0.2, 0.25) is 0 Å². The van der Waals surface area contributed by atoms with E-state index in [4.69, 9.17) is 27.4 Å². The topological polar surface area (TPSA) is 57.4 Å². The van der Waals surface area contributed by atoms with Gasteiger partial charge in [-0.2, -0.15) is 0 Å². The minimum absolute atomic E-state index is 0.205. The predicted octanol–water partition coefficient (Wildman–Crippen LogP) is 2.91. The summed E-state index contributed by atoms with van der Waals surface area (Å²) in [6, 6.07) is 10.9. The predicted molar refractivity (Wildman–Crippen MR) is 77.8 cm³/mol. The Balaban J connectivity index is 2.26. The summed E-state index contributed by atoms with van der Waals surface area (Å²) in [5.41, 5.74) is 6.08. The fraction of sp³-hybridized carbons (Fsp3) is 0.143. The van der Waals surface area contributed by atoms with Crippen molar-refractivity contribution in [2.45, 2.75) is 6.92 Å². The van der Waals surface area contributed by atoms with Gasteiger partial charge in [-0.05, 0) is 31.2 Å². The average molecular weight is 274 g/mol. The van der Waals surface area contributed by atoms with Crippen molar-refractivity contribution in [3.63, 3.8) is 0 Å². The van der Waals surface area contributed by atoms with Crippen LogP contribution in [0.4, 0.5) is 0 Å². The van der Waals surface area contributed by atoms with E-state index in [1.165, 1.54) is 0 Å². The van der Waals surface area contributed by atoms with Crippen LogP contribution in [0.1, 0.15) is 12.6 Å². The maximum atomic E-state index is 5.75. The number of hydrogen-bond acceptors (Lipinski definition) is 4. The van der Waals surface area contributed by atoms with E-state index in [1.807, 2.05) is 25.1 Å². The Morgan fingerprint density at radius 1 is 1.26 bits per heavy atom. The van der Waals surface area contributed by atoms with E-state index in [-0.39, 0.29) is 4.99 Å². The standard InChI is InChI=1S/C14H14N2O2S/c1-2-17-10-5-3-6-11(9-10)18-12-7-4-8-16-13(12)14(15)19/h3-9H,2H2,1H3,(H2,15,19). The molecule has 2 N–H and O–H groups in total. The molecule has 0 spiro atoms. The zero-order valence-corrected chi connectivity index (χ0v) is 11.3. The van der Waals surface area contributed by atoms with Crippen molar-refractivity contribution in [1.29, 1.82) is 0 Å². The van der Waals surface area contributed by atoms with Crippen molar-refractivity contribution in [1.82, 2.24) is 4.98 Å². The molecule has 19 heavy (non-hydrogen) atoms. The van der Waals surface area contributed by atoms with Crippen molar-refractivity contribution in [3.05, 3.63) is 48.3 Å². The van der Waals surface area contributed by atoms with Crippen LogP contribution in [-0.2, 0) is 0 Å². The van der Waals surface area contributed by atoms with Crippen LogP contribution in [0, 0.1) is 0 Å². The largest absolute Gasteiger partial charge is 0.494 e. The van der Waals surface area contributed by atoms with Crippen molar-refractivity contribution < 1.29 is 9.47 Å². The highest BCUT2D eigenvalue weighted by atomic mass is 32.1. The molecular weight excluding hydrogens is 260 g/mol. The highest BCUT2D eigenvalue weighted by Crippen LogP contribution is 2.26. The number of aromatic nitrogens is 1. The van der Waals surface area contributed by atoms with E-state index in [1.54, 1.807) is 24.4 Å². The maximum absolute atomic E-state index is 5.75. The van der Waals surface area contributed by atoms with Crippen LogP contribution >= 0.6 is 12.2 Å². The monoisotopic (exact) mass is 274 g/mol. The first kappa shape index (κ1) is 13.3. The highest BCUT2D eigenvalue weighted by Gasteiger charge is 2.08. The van der Waals surface area contributed by atoms with Gasteiger partial charge in [-0.15, -0.1) is 0 Å². The molecule has 0 aliphatic carbocycles. The number of benzene rings is 1. The van der Waals surface area contributed by atoms with Gasteiger partial charge < -0.3 is 15.2 Å². The van der Waals surface area contributed by atoms with E-state index in [9.17, 15) is 0 Å². The lowest BCUT2D eigenvalue weighted by Crippen LogP contribution is -2.12. The maximum Gasteiger partial charge on any atom is 0.156 e. The van der Waals surface area contributed by atoms with E-state index < -0.39 is 0 Å². The molecule has 2 rings (SSSR count). The second kappa shape index (κ2) is 6.15. The van der Waals surface area contributed by atoms with Gasteiger partial charge in [-0.1, -0.05) is 18.3 Å². The van der Waals surface area contributed by atoms with Crippen molar-refractivity contribution in [2.24, 2.45) is 5.73 Å². The van der Waals surface area contributed by atoms with E-state index in [0.717, 1.165) is 5.75 Å². The minimum Gasteiger partial charge on any atom is -0.494 e. The Morgan fingerprint density at radius 3 is 2.79 bits per heavy atom. The molecule has 0 fully saturated rings. The van der Waals surface area contributed by atoms with Gasteiger partial charge in [0.1, 0.15) is 22.2 Å². The molecule has 1 aromatic carbocycles. The Bertz CT molecular complexity index is 587. The third-order valence-corrected chi connectivity index (χ3v) is 2.54. The quantitative estimate of drug-likeness (QED) is 0.850. The Morgan fingerprint density at radius 2 is 2.05 bits per heavy atom. The number of hydrogen-bond donors (Lipinski definition) is 1. The lowest BCUT2D eigenvalue weighted by atomic mass is 10.3. The summed E-state index contributed by atoms with van der Waals surface area (Å²) in [5, 5.41) is 0. The highest BCUT2D eigenvalue weighted by molar-refractivity contribution is 7.80. The minimum atomic E-state index is 0.205. The Hall–Kier alpha value is -2.14. The summed E-state index contributed by atoms with van der Waals surface area (Å²) in [7, 11) is 0. The van der Waals surface area contributed by atoms with Crippen LogP contribution in [0.25, 0.3) is 0 Å². The Kier molecular flexibility index (Phi) is 4.30. The van der Waals surface area contributed by atoms with E-state index >= 15 is 0 Å². The van der Waals surface area contributed by atoms with Crippen LogP contribution in [0.5, 0.6) is 17.2 Å². The third-order valence-electron chi connectivity index (χ3n) is 2.35. The molecule has 98 valence electrons. The first-order valence-corrected chi connectivity index (χ1v) is 6.27. The van der Waals surface area contributed by atoms with Gasteiger partial charge in [0.05, 0.1) is 6.61 Å². The summed E-state index contributed by atoms with van der Waals surface area (Å²) in [4.78, 5) is 4.32. The van der Waals surface area contributed by atoms with Gasteiger partial charge in [-0.25, -0.2) is 4.98 Å². The number of rotatable bonds is 5. The molecule has 0 radical (unpaired) electrons. The first-order valence-electron chi connectivity index (χ1n) is 5.86. The molecule has 0 saturated heterocycles. The summed E-state index contributed by atoms with van der Waals surface area (Å²) in [6.07, 6.45) is 1.62. The SMILES string of the molecule is CCOc1cccc(Oc2cccnc2C(N)=S)c1. The molecular formula is C14H14N2O2S. The number of ether oxygens (including phenoxy) is 2. The molecule has 0 saturated carbocycles. The van der Waals surface area contributed by atoms with Gasteiger partial charge in [0.15, 0.2) is 5.75 Å². The molecule has 0 atom stereocenters. The number of nitrogens with two attached hydrogens (primary N) is 1. The van der Waals surface area contributed by atoms with Crippen molar-refractivity contribution >= 4 is 17.2 Å². The van der Waals surface area contributed by atoms with Crippen LogP contribution in [0.3, 0.4) is 0 Å². The molecule has 5 heteroatoms. The van der Waals surface area contributed by atoms with Crippen LogP contribution in [0.15, 0.2) is 42.6 Å². The van der Waals surface area contributed by atoms with E-state index in [0.29, 0.717) is 23.8 Å². The van der Waals surface area contributed by atoms with Gasteiger partial charge >= 0.3 is 0 Å². The van der Waals surface area contributed by atoms with Gasteiger partial charge in [0, 0.05) is 12.3 Å². The van der Waals surface area contributed by atoms with Crippen LogP contribution < -0.4 is 15.2 Å². The molecule has 1 heterocycles. The Labute approximate surface area is 117 Å². The number of pyridine rings is 1. The molecule has 0 unspecified atom stereocenters. The normalized spacial score (nSPS) is 9.95. The average Bonchev–Trinajstić information content (AvgIpc) is 2.40. The lowest BCUT2D eigenvalue weighted by Gasteiger charge is -2.10. The lowest BCUT2D eigenvalue weighted by molar-refractivity contribution is 0.338.